The van der Waals surface area contributed by atoms with Gasteiger partial charge < -0.3 is 20.1 Å². The van der Waals surface area contributed by atoms with Crippen molar-refractivity contribution in [3.8, 4) is 0 Å². The molecule has 2 saturated heterocycles. The van der Waals surface area contributed by atoms with E-state index in [0.717, 1.165) is 23.1 Å². The van der Waals surface area contributed by atoms with Crippen molar-refractivity contribution >= 4 is 23.2 Å². The molecule has 3 aliphatic rings. The minimum absolute atomic E-state index is 0.0803. The van der Waals surface area contributed by atoms with Gasteiger partial charge in [0.15, 0.2) is 5.11 Å². The number of hydrogen-bond acceptors (Lipinski definition) is 4. The van der Waals surface area contributed by atoms with Gasteiger partial charge in [-0.15, -0.1) is 0 Å². The van der Waals surface area contributed by atoms with Crippen molar-refractivity contribution in [1.29, 1.82) is 0 Å². The SMILES string of the molecule is Cc1cc2c(cc1C1(c3ccc(CC4NC(=S)NC4=O)cc3)OCCO1)C(C)(C)CCC2(C)C. The standard InChI is InChI=1S/C28H34N2O3S/c1-17-14-21-22(27(4,5)11-10-26(21,2)3)16-20(17)28(32-12-13-33-28)19-8-6-18(7-9-19)15-23-24(31)30-25(34)29-23/h6-9,14,16,23H,10-13,15H2,1-5H3,(H2,29,30,31,34). The number of aryl methyl sites for hydroxylation is 1. The van der Waals surface area contributed by atoms with E-state index in [-0.39, 0.29) is 22.8 Å². The van der Waals surface area contributed by atoms with Crippen LogP contribution in [0.25, 0.3) is 0 Å². The second-order valence-corrected chi connectivity index (χ2v) is 11.6. The molecule has 1 aliphatic carbocycles. The number of nitrogens with one attached hydrogen (secondary N) is 2. The summed E-state index contributed by atoms with van der Waals surface area (Å²) in [6.07, 6.45) is 2.91. The lowest BCUT2D eigenvalue weighted by Crippen LogP contribution is -2.36. The van der Waals surface area contributed by atoms with Crippen LogP contribution in [0.4, 0.5) is 0 Å². The molecule has 1 atom stereocenters. The van der Waals surface area contributed by atoms with Crippen LogP contribution in [0.1, 0.15) is 73.9 Å². The van der Waals surface area contributed by atoms with E-state index >= 15 is 0 Å². The van der Waals surface area contributed by atoms with Crippen LogP contribution in [0, 0.1) is 6.92 Å². The quantitative estimate of drug-likeness (QED) is 0.634. The van der Waals surface area contributed by atoms with E-state index in [1.165, 1.54) is 23.1 Å². The Balaban J connectivity index is 1.53. The van der Waals surface area contributed by atoms with Gasteiger partial charge in [0.25, 0.3) is 0 Å². The minimum Gasteiger partial charge on any atom is -0.350 e. The highest BCUT2D eigenvalue weighted by Gasteiger charge is 2.45. The Morgan fingerprint density at radius 2 is 1.53 bits per heavy atom. The number of fused-ring (bicyclic) bond motifs is 1. The molecule has 0 aromatic heterocycles. The van der Waals surface area contributed by atoms with Gasteiger partial charge in [-0.25, -0.2) is 0 Å². The molecule has 0 bridgehead atoms. The van der Waals surface area contributed by atoms with Gasteiger partial charge in [0.2, 0.25) is 11.7 Å². The highest BCUT2D eigenvalue weighted by molar-refractivity contribution is 7.80. The first-order chi connectivity index (χ1) is 16.0. The zero-order valence-corrected chi connectivity index (χ0v) is 21.5. The summed E-state index contributed by atoms with van der Waals surface area (Å²) in [6, 6.07) is 12.6. The number of rotatable bonds is 4. The Morgan fingerprint density at radius 1 is 0.941 bits per heavy atom. The number of ether oxygens (including phenoxy) is 2. The number of thiocarbonyl (C=S) groups is 1. The third kappa shape index (κ3) is 3.86. The molecule has 0 saturated carbocycles. The van der Waals surface area contributed by atoms with Crippen molar-refractivity contribution in [3.05, 3.63) is 69.8 Å². The molecule has 2 fully saturated rings. The van der Waals surface area contributed by atoms with Crippen LogP contribution >= 0.6 is 12.2 Å². The van der Waals surface area contributed by atoms with Gasteiger partial charge >= 0.3 is 0 Å². The highest BCUT2D eigenvalue weighted by atomic mass is 32.1. The van der Waals surface area contributed by atoms with Gasteiger partial charge in [-0.1, -0.05) is 58.0 Å². The summed E-state index contributed by atoms with van der Waals surface area (Å²) >= 11 is 5.06. The van der Waals surface area contributed by atoms with Crippen LogP contribution in [0.2, 0.25) is 0 Å². The van der Waals surface area contributed by atoms with Gasteiger partial charge in [0, 0.05) is 17.5 Å². The Morgan fingerprint density at radius 3 is 2.09 bits per heavy atom. The van der Waals surface area contributed by atoms with E-state index in [1.54, 1.807) is 0 Å². The Hall–Kier alpha value is -2.28. The molecule has 2 aromatic rings. The molecule has 5 nitrogen and oxygen atoms in total. The summed E-state index contributed by atoms with van der Waals surface area (Å²) in [6.45, 7) is 12.7. The first-order valence-corrected chi connectivity index (χ1v) is 12.6. The van der Waals surface area contributed by atoms with Gasteiger partial charge in [-0.3, -0.25) is 4.79 Å². The van der Waals surface area contributed by atoms with E-state index in [0.29, 0.717) is 24.7 Å². The summed E-state index contributed by atoms with van der Waals surface area (Å²) in [5, 5.41) is 6.08. The number of amides is 1. The van der Waals surface area contributed by atoms with Gasteiger partial charge in [-0.05, 0) is 71.1 Å². The van der Waals surface area contributed by atoms with Gasteiger partial charge in [0.05, 0.1) is 13.2 Å². The third-order valence-electron chi connectivity index (χ3n) is 7.88. The highest BCUT2D eigenvalue weighted by Crippen LogP contribution is 2.49. The van der Waals surface area contributed by atoms with Crippen molar-refractivity contribution in [2.24, 2.45) is 0 Å². The Labute approximate surface area is 207 Å². The van der Waals surface area contributed by atoms with Crippen molar-refractivity contribution < 1.29 is 14.3 Å². The number of hydrogen-bond donors (Lipinski definition) is 2. The largest absolute Gasteiger partial charge is 0.350 e. The molecule has 2 N–H and O–H groups in total. The predicted octanol–water partition coefficient (Wildman–Crippen LogP) is 4.51. The second kappa shape index (κ2) is 8.14. The normalized spacial score (nSPS) is 24.4. The van der Waals surface area contributed by atoms with Crippen molar-refractivity contribution in [1.82, 2.24) is 10.6 Å². The van der Waals surface area contributed by atoms with Crippen molar-refractivity contribution in [2.75, 3.05) is 13.2 Å². The molecule has 0 radical (unpaired) electrons. The lowest BCUT2D eigenvalue weighted by atomic mass is 9.62. The molecule has 0 spiro atoms. The minimum atomic E-state index is -0.917. The molecular formula is C28H34N2O3S. The van der Waals surface area contributed by atoms with Crippen LogP contribution in [0.3, 0.4) is 0 Å². The smallest absolute Gasteiger partial charge is 0.249 e. The zero-order valence-electron chi connectivity index (χ0n) is 20.7. The number of benzene rings is 2. The first-order valence-electron chi connectivity index (χ1n) is 12.2. The van der Waals surface area contributed by atoms with Crippen molar-refractivity contribution in [2.45, 2.75) is 76.5 Å². The zero-order chi connectivity index (χ0) is 24.3. The molecule has 1 amide bonds. The Kier molecular flexibility index (Phi) is 5.62. The second-order valence-electron chi connectivity index (χ2n) is 11.2. The summed E-state index contributed by atoms with van der Waals surface area (Å²) in [7, 11) is 0. The fourth-order valence-corrected chi connectivity index (χ4v) is 5.91. The van der Waals surface area contributed by atoms with Crippen LogP contribution in [-0.4, -0.2) is 30.3 Å². The molecule has 2 aliphatic heterocycles. The molecule has 34 heavy (non-hydrogen) atoms. The maximum atomic E-state index is 12.1. The van der Waals surface area contributed by atoms with Gasteiger partial charge in [-0.2, -0.15) is 0 Å². The molecule has 2 heterocycles. The molecule has 6 heteroatoms. The predicted molar refractivity (Wildman–Crippen MR) is 137 cm³/mol. The molecular weight excluding hydrogens is 444 g/mol. The molecule has 5 rings (SSSR count). The third-order valence-corrected chi connectivity index (χ3v) is 8.10. The fourth-order valence-electron chi connectivity index (χ4n) is 5.67. The summed E-state index contributed by atoms with van der Waals surface area (Å²) in [5.74, 6) is -0.997. The van der Waals surface area contributed by atoms with Crippen molar-refractivity contribution in [3.63, 3.8) is 0 Å². The van der Waals surface area contributed by atoms with Crippen LogP contribution < -0.4 is 10.6 Å². The summed E-state index contributed by atoms with van der Waals surface area (Å²) in [5.41, 5.74) is 7.40. The van der Waals surface area contributed by atoms with Crippen LogP contribution in [0.5, 0.6) is 0 Å². The lowest BCUT2D eigenvalue weighted by molar-refractivity contribution is -0.130. The number of carbonyl (C=O) groups is 1. The van der Waals surface area contributed by atoms with E-state index in [2.05, 4.69) is 81.7 Å². The topological polar surface area (TPSA) is 59.6 Å². The summed E-state index contributed by atoms with van der Waals surface area (Å²) in [4.78, 5) is 12.1. The number of carbonyl (C=O) groups excluding carboxylic acids is 1. The maximum Gasteiger partial charge on any atom is 0.249 e. The first kappa shape index (κ1) is 23.5. The van der Waals surface area contributed by atoms with E-state index in [1.807, 2.05) is 0 Å². The lowest BCUT2D eigenvalue weighted by Gasteiger charge is -2.43. The molecule has 1 unspecified atom stereocenters. The van der Waals surface area contributed by atoms with E-state index in [9.17, 15) is 4.79 Å². The van der Waals surface area contributed by atoms with Crippen LogP contribution in [-0.2, 0) is 37.3 Å². The molecule has 180 valence electrons. The van der Waals surface area contributed by atoms with E-state index in [4.69, 9.17) is 21.7 Å². The average molecular weight is 479 g/mol. The maximum absolute atomic E-state index is 12.1. The fraction of sp³-hybridized carbons (Fsp3) is 0.500. The van der Waals surface area contributed by atoms with Crippen LogP contribution in [0.15, 0.2) is 36.4 Å². The Bertz CT molecular complexity index is 1150. The van der Waals surface area contributed by atoms with E-state index < -0.39 is 5.79 Å². The monoisotopic (exact) mass is 478 g/mol. The molecule has 2 aromatic carbocycles. The average Bonchev–Trinajstić information content (AvgIpc) is 3.39. The van der Waals surface area contributed by atoms with Gasteiger partial charge in [0.1, 0.15) is 6.04 Å². The summed E-state index contributed by atoms with van der Waals surface area (Å²) < 4.78 is 12.8.